The van der Waals surface area contributed by atoms with Gasteiger partial charge in [0, 0.05) is 0 Å². The van der Waals surface area contributed by atoms with E-state index in [1.54, 1.807) is 6.92 Å². The van der Waals surface area contributed by atoms with Crippen LogP contribution in [0.15, 0.2) is 16.0 Å². The van der Waals surface area contributed by atoms with Crippen molar-refractivity contribution in [2.45, 2.75) is 13.3 Å². The number of nitrogens with two attached hydrogens (primary N) is 3. The SMILES string of the molecule is CCOC(=O)/C(N)=C(\CC#N)N(N)c1nonc1N. The minimum absolute atomic E-state index is 0.0108. The molecule has 0 atom stereocenters. The zero-order valence-electron chi connectivity index (χ0n) is 10.2. The third-order valence-electron chi connectivity index (χ3n) is 2.07. The van der Waals surface area contributed by atoms with Crippen LogP contribution < -0.4 is 22.3 Å². The molecule has 0 amide bonds. The first-order chi connectivity index (χ1) is 9.02. The Bertz CT molecular complexity index is 530. The van der Waals surface area contributed by atoms with Gasteiger partial charge in [0.05, 0.1) is 24.8 Å². The fraction of sp³-hybridized carbons (Fsp3) is 0.333. The average Bonchev–Trinajstić information content (AvgIpc) is 2.81. The second-order valence-corrected chi connectivity index (χ2v) is 3.26. The second-order valence-electron chi connectivity index (χ2n) is 3.26. The van der Waals surface area contributed by atoms with Crippen LogP contribution in [0.3, 0.4) is 0 Å². The van der Waals surface area contributed by atoms with Crippen molar-refractivity contribution >= 4 is 17.6 Å². The summed E-state index contributed by atoms with van der Waals surface area (Å²) in [7, 11) is 0. The number of esters is 1. The predicted octanol–water partition coefficient (Wildman–Crippen LogP) is -1.02. The topological polar surface area (TPSA) is 170 Å². The summed E-state index contributed by atoms with van der Waals surface area (Å²) in [6, 6.07) is 1.82. The fourth-order valence-electron chi connectivity index (χ4n) is 1.20. The summed E-state index contributed by atoms with van der Waals surface area (Å²) < 4.78 is 9.10. The molecule has 1 heterocycles. The largest absolute Gasteiger partial charge is 0.461 e. The molecule has 0 saturated carbocycles. The van der Waals surface area contributed by atoms with Gasteiger partial charge in [-0.05, 0) is 17.2 Å². The molecule has 0 spiro atoms. The molecule has 0 saturated heterocycles. The molecule has 19 heavy (non-hydrogen) atoms. The lowest BCUT2D eigenvalue weighted by Gasteiger charge is -2.18. The summed E-state index contributed by atoms with van der Waals surface area (Å²) in [6.45, 7) is 1.76. The molecular weight excluding hydrogens is 254 g/mol. The molecule has 0 aromatic carbocycles. The number of anilines is 2. The van der Waals surface area contributed by atoms with Gasteiger partial charge in [0.1, 0.15) is 5.70 Å². The summed E-state index contributed by atoms with van der Waals surface area (Å²) in [5, 5.41) is 16.4. The van der Waals surface area contributed by atoms with E-state index in [-0.39, 0.29) is 36.1 Å². The Balaban J connectivity index is 3.14. The quantitative estimate of drug-likeness (QED) is 0.259. The number of ether oxygens (including phenoxy) is 1. The molecular formula is C9H13N7O3. The van der Waals surface area contributed by atoms with E-state index >= 15 is 0 Å². The maximum absolute atomic E-state index is 11.5. The highest BCUT2D eigenvalue weighted by molar-refractivity contribution is 5.89. The molecule has 6 N–H and O–H groups in total. The van der Waals surface area contributed by atoms with Crippen LogP contribution in [-0.2, 0) is 9.53 Å². The van der Waals surface area contributed by atoms with Crippen molar-refractivity contribution in [3.8, 4) is 6.07 Å². The number of hydrogen-bond acceptors (Lipinski definition) is 10. The first-order valence-corrected chi connectivity index (χ1v) is 5.18. The van der Waals surface area contributed by atoms with Crippen LogP contribution in [0.1, 0.15) is 13.3 Å². The number of nitrogen functional groups attached to an aromatic ring is 1. The van der Waals surface area contributed by atoms with Crippen molar-refractivity contribution in [3.05, 3.63) is 11.4 Å². The van der Waals surface area contributed by atoms with Crippen LogP contribution in [0.4, 0.5) is 11.6 Å². The van der Waals surface area contributed by atoms with E-state index in [0.717, 1.165) is 5.01 Å². The van der Waals surface area contributed by atoms with Crippen molar-refractivity contribution in [2.75, 3.05) is 17.3 Å². The summed E-state index contributed by atoms with van der Waals surface area (Å²) in [5.41, 5.74) is 10.7. The third kappa shape index (κ3) is 3.11. The van der Waals surface area contributed by atoms with E-state index < -0.39 is 5.97 Å². The van der Waals surface area contributed by atoms with Crippen molar-refractivity contribution in [1.82, 2.24) is 10.3 Å². The monoisotopic (exact) mass is 267 g/mol. The van der Waals surface area contributed by atoms with Gasteiger partial charge in [-0.2, -0.15) is 5.26 Å². The summed E-state index contributed by atoms with van der Waals surface area (Å²) in [4.78, 5) is 11.5. The van der Waals surface area contributed by atoms with Crippen LogP contribution >= 0.6 is 0 Å². The normalized spacial score (nSPS) is 11.4. The lowest BCUT2D eigenvalue weighted by molar-refractivity contribution is -0.138. The van der Waals surface area contributed by atoms with E-state index in [9.17, 15) is 4.79 Å². The molecule has 0 fully saturated rings. The number of hydrogen-bond donors (Lipinski definition) is 3. The zero-order valence-corrected chi connectivity index (χ0v) is 10.2. The molecule has 0 aliphatic heterocycles. The Morgan fingerprint density at radius 3 is 2.74 bits per heavy atom. The Morgan fingerprint density at radius 2 is 2.26 bits per heavy atom. The van der Waals surface area contributed by atoms with Crippen molar-refractivity contribution < 1.29 is 14.2 Å². The highest BCUT2D eigenvalue weighted by atomic mass is 16.6. The number of hydrazine groups is 1. The number of rotatable bonds is 5. The number of nitrogens with zero attached hydrogens (tertiary/aromatic N) is 4. The minimum atomic E-state index is -0.793. The van der Waals surface area contributed by atoms with Gasteiger partial charge in [-0.15, -0.1) is 0 Å². The Morgan fingerprint density at radius 1 is 1.58 bits per heavy atom. The first-order valence-electron chi connectivity index (χ1n) is 5.18. The lowest BCUT2D eigenvalue weighted by Crippen LogP contribution is -2.35. The van der Waals surface area contributed by atoms with Gasteiger partial charge in [-0.25, -0.2) is 15.3 Å². The number of carbonyl (C=O) groups is 1. The molecule has 0 radical (unpaired) electrons. The molecule has 0 aliphatic rings. The van der Waals surface area contributed by atoms with Crippen molar-refractivity contribution in [2.24, 2.45) is 11.6 Å². The van der Waals surface area contributed by atoms with E-state index in [2.05, 4.69) is 14.9 Å². The summed E-state index contributed by atoms with van der Waals surface area (Å²) in [6.07, 6.45) is -0.243. The number of carbonyl (C=O) groups excluding carboxylic acids is 1. The number of aromatic nitrogens is 2. The molecule has 10 nitrogen and oxygen atoms in total. The molecule has 0 aliphatic carbocycles. The zero-order chi connectivity index (χ0) is 14.4. The second kappa shape index (κ2) is 6.22. The van der Waals surface area contributed by atoms with Gasteiger partial charge in [0.25, 0.3) is 0 Å². The van der Waals surface area contributed by atoms with Gasteiger partial charge in [0.2, 0.25) is 11.6 Å². The molecule has 1 rings (SSSR count). The van der Waals surface area contributed by atoms with Crippen molar-refractivity contribution in [3.63, 3.8) is 0 Å². The lowest BCUT2D eigenvalue weighted by atomic mass is 10.2. The Hall–Kier alpha value is -2.80. The van der Waals surface area contributed by atoms with Gasteiger partial charge in [-0.1, -0.05) is 0 Å². The Kier molecular flexibility index (Phi) is 4.67. The fourth-order valence-corrected chi connectivity index (χ4v) is 1.20. The van der Waals surface area contributed by atoms with E-state index in [0.29, 0.717) is 0 Å². The van der Waals surface area contributed by atoms with Crippen LogP contribution in [0.5, 0.6) is 0 Å². The molecule has 102 valence electrons. The highest BCUT2D eigenvalue weighted by Crippen LogP contribution is 2.21. The molecule has 1 aromatic rings. The van der Waals surface area contributed by atoms with Crippen LogP contribution in [-0.4, -0.2) is 22.9 Å². The molecule has 10 heteroatoms. The molecule has 0 unspecified atom stereocenters. The predicted molar refractivity (Wildman–Crippen MR) is 63.5 cm³/mol. The summed E-state index contributed by atoms with van der Waals surface area (Å²) in [5.74, 6) is 4.75. The maximum Gasteiger partial charge on any atom is 0.356 e. The Labute approximate surface area is 108 Å². The average molecular weight is 267 g/mol. The van der Waals surface area contributed by atoms with Gasteiger partial charge >= 0.3 is 5.97 Å². The van der Waals surface area contributed by atoms with Gasteiger partial charge in [-0.3, -0.25) is 5.01 Å². The van der Waals surface area contributed by atoms with E-state index in [1.807, 2.05) is 6.07 Å². The third-order valence-corrected chi connectivity index (χ3v) is 2.07. The summed E-state index contributed by atoms with van der Waals surface area (Å²) >= 11 is 0. The molecule has 1 aromatic heterocycles. The standard InChI is InChI=1S/C9H13N7O3/c1-2-18-9(17)6(11)5(3-4-10)16(13)8-7(12)14-19-15-8/h2-3,11,13H2,1H3,(H2,12,14)/b6-5-. The number of allylic oxidation sites excluding steroid dienone is 1. The maximum atomic E-state index is 11.5. The van der Waals surface area contributed by atoms with Gasteiger partial charge in [0.15, 0.2) is 0 Å². The minimum Gasteiger partial charge on any atom is -0.461 e. The smallest absolute Gasteiger partial charge is 0.356 e. The van der Waals surface area contributed by atoms with E-state index in [1.165, 1.54) is 0 Å². The van der Waals surface area contributed by atoms with Gasteiger partial charge < -0.3 is 16.2 Å². The van der Waals surface area contributed by atoms with E-state index in [4.69, 9.17) is 27.3 Å². The van der Waals surface area contributed by atoms with Crippen LogP contribution in [0, 0.1) is 11.3 Å². The van der Waals surface area contributed by atoms with Crippen LogP contribution in [0.25, 0.3) is 0 Å². The van der Waals surface area contributed by atoms with Crippen molar-refractivity contribution in [1.29, 1.82) is 5.26 Å². The first kappa shape index (κ1) is 14.3. The highest BCUT2D eigenvalue weighted by Gasteiger charge is 2.22. The molecule has 0 bridgehead atoms. The number of nitriles is 1. The van der Waals surface area contributed by atoms with Crippen LogP contribution in [0.2, 0.25) is 0 Å².